The van der Waals surface area contributed by atoms with Crippen LogP contribution in [0.4, 0.5) is 0 Å². The highest BCUT2D eigenvalue weighted by atomic mass is 16.5. The zero-order chi connectivity index (χ0) is 17.4. The van der Waals surface area contributed by atoms with Crippen molar-refractivity contribution in [3.8, 4) is 0 Å². The molecule has 4 heteroatoms. The van der Waals surface area contributed by atoms with Crippen LogP contribution >= 0.6 is 0 Å². The minimum atomic E-state index is -0.155. The Hall–Kier alpha value is -1.81. The maximum atomic E-state index is 12.8. The number of amides is 1. The van der Waals surface area contributed by atoms with Crippen LogP contribution in [0.15, 0.2) is 18.2 Å². The molecule has 0 radical (unpaired) electrons. The first-order chi connectivity index (χ1) is 12.0. The highest BCUT2D eigenvalue weighted by Gasteiger charge is 2.30. The molecule has 4 rings (SSSR count). The van der Waals surface area contributed by atoms with E-state index in [1.807, 2.05) is 6.07 Å². The molecule has 4 nitrogen and oxygen atoms in total. The molecule has 2 N–H and O–H groups in total. The third-order valence-corrected chi connectivity index (χ3v) is 5.64. The number of carbonyl (C=O) groups excluding carboxylic acids is 1. The van der Waals surface area contributed by atoms with Gasteiger partial charge in [0.1, 0.15) is 0 Å². The van der Waals surface area contributed by atoms with Gasteiger partial charge in [-0.2, -0.15) is 0 Å². The Morgan fingerprint density at radius 2 is 2.08 bits per heavy atom. The third-order valence-electron chi connectivity index (χ3n) is 5.64. The van der Waals surface area contributed by atoms with E-state index in [4.69, 9.17) is 4.74 Å². The predicted molar refractivity (Wildman–Crippen MR) is 100 cm³/mol. The number of aryl methyl sites for hydroxylation is 2. The number of aromatic nitrogens is 1. The van der Waals surface area contributed by atoms with E-state index in [-0.39, 0.29) is 17.6 Å². The van der Waals surface area contributed by atoms with Gasteiger partial charge in [0, 0.05) is 34.8 Å². The van der Waals surface area contributed by atoms with E-state index >= 15 is 0 Å². The molecule has 134 valence electrons. The molecule has 1 atom stereocenters. The predicted octanol–water partition coefficient (Wildman–Crippen LogP) is 4.12. The van der Waals surface area contributed by atoms with Gasteiger partial charge in [0.05, 0.1) is 5.60 Å². The molecule has 2 heterocycles. The van der Waals surface area contributed by atoms with Gasteiger partial charge in [0.25, 0.3) is 5.91 Å². The molecule has 2 aromatic rings. The second-order valence-corrected chi connectivity index (χ2v) is 8.17. The van der Waals surface area contributed by atoms with Gasteiger partial charge in [-0.25, -0.2) is 0 Å². The number of rotatable bonds is 2. The van der Waals surface area contributed by atoms with Crippen LogP contribution in [0.2, 0.25) is 0 Å². The molecule has 2 aliphatic rings. The van der Waals surface area contributed by atoms with E-state index < -0.39 is 0 Å². The Labute approximate surface area is 149 Å². The highest BCUT2D eigenvalue weighted by molar-refractivity contribution is 5.99. The zero-order valence-corrected chi connectivity index (χ0v) is 15.3. The zero-order valence-electron chi connectivity index (χ0n) is 15.3. The number of carbonyl (C=O) groups is 1. The summed E-state index contributed by atoms with van der Waals surface area (Å²) in [6.45, 7) is 4.89. The van der Waals surface area contributed by atoms with Gasteiger partial charge < -0.3 is 15.0 Å². The van der Waals surface area contributed by atoms with Gasteiger partial charge in [-0.3, -0.25) is 4.79 Å². The molecule has 1 saturated heterocycles. The fraction of sp³-hybridized carbons (Fsp3) is 0.571. The van der Waals surface area contributed by atoms with E-state index in [1.54, 1.807) is 0 Å². The summed E-state index contributed by atoms with van der Waals surface area (Å²) in [6, 6.07) is 6.27. The summed E-state index contributed by atoms with van der Waals surface area (Å²) in [6.07, 6.45) is 7.79. The summed E-state index contributed by atoms with van der Waals surface area (Å²) in [5.41, 5.74) is 4.57. The van der Waals surface area contributed by atoms with Crippen LogP contribution < -0.4 is 5.32 Å². The number of fused-ring (bicyclic) bond motifs is 3. The van der Waals surface area contributed by atoms with E-state index in [0.717, 1.165) is 36.8 Å². The molecule has 1 aliphatic heterocycles. The van der Waals surface area contributed by atoms with Crippen LogP contribution in [-0.4, -0.2) is 29.1 Å². The molecule has 0 spiro atoms. The third kappa shape index (κ3) is 3.45. The molecular weight excluding hydrogens is 312 g/mol. The molecule has 0 saturated carbocycles. The lowest BCUT2D eigenvalue weighted by Gasteiger charge is -2.35. The van der Waals surface area contributed by atoms with Gasteiger partial charge in [0.15, 0.2) is 0 Å². The Morgan fingerprint density at radius 3 is 2.92 bits per heavy atom. The number of hydrogen-bond acceptors (Lipinski definition) is 2. The maximum absolute atomic E-state index is 12.8. The molecule has 0 bridgehead atoms. The first-order valence-corrected chi connectivity index (χ1v) is 9.60. The number of aromatic amines is 1. The molecule has 1 amide bonds. The Balaban J connectivity index is 1.56. The Kier molecular flexibility index (Phi) is 4.32. The number of nitrogens with one attached hydrogen (secondary N) is 2. The molecule has 1 aromatic carbocycles. The Morgan fingerprint density at radius 1 is 1.24 bits per heavy atom. The largest absolute Gasteiger partial charge is 0.375 e. The molecule has 1 aromatic heterocycles. The van der Waals surface area contributed by atoms with E-state index in [1.165, 1.54) is 35.9 Å². The number of hydrogen-bond donors (Lipinski definition) is 2. The maximum Gasteiger partial charge on any atom is 0.251 e. The van der Waals surface area contributed by atoms with Gasteiger partial charge in [-0.05, 0) is 76.1 Å². The van der Waals surface area contributed by atoms with Gasteiger partial charge >= 0.3 is 0 Å². The SMILES string of the molecule is CC1(C)C[C@@H](NC(=O)c2ccc3[nH]c4c(c3c2)CCCCC4)CCO1. The van der Waals surface area contributed by atoms with Crippen molar-refractivity contribution in [2.24, 2.45) is 0 Å². The van der Waals surface area contributed by atoms with Crippen molar-refractivity contribution >= 4 is 16.8 Å². The second kappa shape index (κ2) is 6.49. The normalized spacial score (nSPS) is 23.0. The number of ether oxygens (including phenoxy) is 1. The Bertz CT molecular complexity index is 791. The first-order valence-electron chi connectivity index (χ1n) is 9.60. The van der Waals surface area contributed by atoms with E-state index in [0.29, 0.717) is 6.61 Å². The molecule has 1 fully saturated rings. The lowest BCUT2D eigenvalue weighted by Crippen LogP contribution is -2.45. The van der Waals surface area contributed by atoms with Crippen molar-refractivity contribution in [1.82, 2.24) is 10.3 Å². The lowest BCUT2D eigenvalue weighted by molar-refractivity contribution is -0.0615. The number of H-pyrrole nitrogens is 1. The van der Waals surface area contributed by atoms with Gasteiger partial charge in [0.2, 0.25) is 0 Å². The van der Waals surface area contributed by atoms with Crippen molar-refractivity contribution in [1.29, 1.82) is 0 Å². The van der Waals surface area contributed by atoms with Crippen LogP contribution in [-0.2, 0) is 17.6 Å². The summed E-state index contributed by atoms with van der Waals surface area (Å²) in [5.74, 6) is 0.0353. The van der Waals surface area contributed by atoms with Crippen molar-refractivity contribution in [3.63, 3.8) is 0 Å². The van der Waals surface area contributed by atoms with E-state index in [2.05, 4.69) is 36.3 Å². The summed E-state index contributed by atoms with van der Waals surface area (Å²) < 4.78 is 5.75. The molecule has 25 heavy (non-hydrogen) atoms. The summed E-state index contributed by atoms with van der Waals surface area (Å²) in [5, 5.41) is 4.44. The molecule has 0 unspecified atom stereocenters. The first kappa shape index (κ1) is 16.6. The second-order valence-electron chi connectivity index (χ2n) is 8.17. The average molecular weight is 340 g/mol. The molecule has 1 aliphatic carbocycles. The summed E-state index contributed by atoms with van der Waals surface area (Å²) in [4.78, 5) is 16.3. The van der Waals surface area contributed by atoms with Crippen LogP contribution in [0.5, 0.6) is 0 Å². The van der Waals surface area contributed by atoms with Crippen LogP contribution in [0.1, 0.15) is 67.6 Å². The van der Waals surface area contributed by atoms with E-state index in [9.17, 15) is 4.79 Å². The van der Waals surface area contributed by atoms with Gasteiger partial charge in [-0.15, -0.1) is 0 Å². The van der Waals surface area contributed by atoms with Crippen LogP contribution in [0.25, 0.3) is 10.9 Å². The van der Waals surface area contributed by atoms with Crippen LogP contribution in [0, 0.1) is 0 Å². The quantitative estimate of drug-likeness (QED) is 0.808. The van der Waals surface area contributed by atoms with Crippen molar-refractivity contribution in [3.05, 3.63) is 35.0 Å². The van der Waals surface area contributed by atoms with Crippen molar-refractivity contribution in [2.75, 3.05) is 6.61 Å². The van der Waals surface area contributed by atoms with Crippen molar-refractivity contribution < 1.29 is 9.53 Å². The van der Waals surface area contributed by atoms with Crippen LogP contribution in [0.3, 0.4) is 0 Å². The minimum Gasteiger partial charge on any atom is -0.375 e. The summed E-state index contributed by atoms with van der Waals surface area (Å²) in [7, 11) is 0. The average Bonchev–Trinajstić information content (AvgIpc) is 2.74. The smallest absolute Gasteiger partial charge is 0.251 e. The standard InChI is InChI=1S/C21H28N2O2/c1-21(2)13-15(10-11-25-21)22-20(24)14-8-9-19-17(12-14)16-6-4-3-5-7-18(16)23-19/h8-9,12,15,23H,3-7,10-11,13H2,1-2H3,(H,22,24)/t15-/m0/s1. The summed E-state index contributed by atoms with van der Waals surface area (Å²) >= 11 is 0. The topological polar surface area (TPSA) is 54.1 Å². The lowest BCUT2D eigenvalue weighted by atomic mass is 9.93. The highest BCUT2D eigenvalue weighted by Crippen LogP contribution is 2.29. The fourth-order valence-corrected chi connectivity index (χ4v) is 4.35. The van der Waals surface area contributed by atoms with Gasteiger partial charge in [-0.1, -0.05) is 6.42 Å². The van der Waals surface area contributed by atoms with Crippen molar-refractivity contribution in [2.45, 2.75) is 70.4 Å². The number of benzene rings is 1. The fourth-order valence-electron chi connectivity index (χ4n) is 4.35. The minimum absolute atomic E-state index is 0.0353. The molecular formula is C21H28N2O2. The monoisotopic (exact) mass is 340 g/mol.